The van der Waals surface area contributed by atoms with Crippen LogP contribution in [0.2, 0.25) is 5.02 Å². The van der Waals surface area contributed by atoms with Gasteiger partial charge in [-0.25, -0.2) is 0 Å². The van der Waals surface area contributed by atoms with E-state index in [4.69, 9.17) is 21.1 Å². The van der Waals surface area contributed by atoms with Gasteiger partial charge in [-0.3, -0.25) is 4.68 Å². The van der Waals surface area contributed by atoms with Gasteiger partial charge < -0.3 is 19.9 Å². The molecule has 3 aliphatic rings. The Morgan fingerprint density at radius 2 is 2.23 bits per heavy atom. The molecule has 5 unspecified atom stereocenters. The summed E-state index contributed by atoms with van der Waals surface area (Å²) in [7, 11) is 0. The Morgan fingerprint density at radius 3 is 2.95 bits per heavy atom. The molecule has 6 nitrogen and oxygen atoms in total. The normalized spacial score (nSPS) is 38.7. The monoisotopic (exact) mass is 327 g/mol. The van der Waals surface area contributed by atoms with Crippen molar-refractivity contribution in [2.45, 2.75) is 56.3 Å². The lowest BCUT2D eigenvalue weighted by Crippen LogP contribution is -2.58. The molecule has 0 amide bonds. The molecule has 22 heavy (non-hydrogen) atoms. The van der Waals surface area contributed by atoms with Gasteiger partial charge in [0.2, 0.25) is 0 Å². The molecular weight excluding hydrogens is 306 g/mol. The molecule has 1 aromatic rings. The highest BCUT2D eigenvalue weighted by Crippen LogP contribution is 2.36. The molecule has 3 fully saturated rings. The highest BCUT2D eigenvalue weighted by Gasteiger charge is 2.51. The van der Waals surface area contributed by atoms with Gasteiger partial charge in [0.15, 0.2) is 6.29 Å². The van der Waals surface area contributed by atoms with Crippen molar-refractivity contribution in [1.29, 1.82) is 0 Å². The fraction of sp³-hybridized carbons (Fsp3) is 0.800. The standard InChI is InChI=1S/C15H22ClN3O3/c16-10-6-18-19(7-10)13-14(20)12(11-8-21-15(13)22-11)17-5-9-3-1-2-4-9/h6-7,9,11-15,17,20H,1-5,8H2. The molecule has 1 aliphatic carbocycles. The van der Waals surface area contributed by atoms with Crippen LogP contribution in [0.1, 0.15) is 31.7 Å². The maximum atomic E-state index is 10.8. The van der Waals surface area contributed by atoms with E-state index in [1.165, 1.54) is 25.7 Å². The number of hydrogen-bond donors (Lipinski definition) is 2. The number of halogens is 1. The van der Waals surface area contributed by atoms with Crippen LogP contribution in [0, 0.1) is 5.92 Å². The smallest absolute Gasteiger partial charge is 0.183 e. The minimum Gasteiger partial charge on any atom is -0.389 e. The fourth-order valence-electron chi connectivity index (χ4n) is 3.93. The van der Waals surface area contributed by atoms with Gasteiger partial charge in [0, 0.05) is 6.20 Å². The van der Waals surface area contributed by atoms with Crippen molar-refractivity contribution < 1.29 is 14.6 Å². The Morgan fingerprint density at radius 1 is 1.41 bits per heavy atom. The minimum atomic E-state index is -0.608. The van der Waals surface area contributed by atoms with Crippen molar-refractivity contribution in [3.8, 4) is 0 Å². The van der Waals surface area contributed by atoms with Crippen molar-refractivity contribution >= 4 is 11.6 Å². The average molecular weight is 328 g/mol. The second-order valence-electron chi connectivity index (χ2n) is 6.58. The molecule has 2 saturated heterocycles. The SMILES string of the molecule is OC1C(NCC2CCCC2)C2COC(O2)C1n1cc(Cl)cn1. The number of nitrogens with zero attached hydrogens (tertiary/aromatic N) is 2. The molecule has 0 aromatic carbocycles. The first-order valence-electron chi connectivity index (χ1n) is 8.10. The second-order valence-corrected chi connectivity index (χ2v) is 7.02. The first-order chi connectivity index (χ1) is 10.7. The van der Waals surface area contributed by atoms with Crippen LogP contribution in [0.5, 0.6) is 0 Å². The molecule has 1 aromatic heterocycles. The van der Waals surface area contributed by atoms with Gasteiger partial charge in [0.25, 0.3) is 0 Å². The summed E-state index contributed by atoms with van der Waals surface area (Å²) in [6, 6.07) is -0.500. The van der Waals surface area contributed by atoms with E-state index in [-0.39, 0.29) is 18.2 Å². The number of aliphatic hydroxyl groups excluding tert-OH is 1. The van der Waals surface area contributed by atoms with Gasteiger partial charge in [-0.15, -0.1) is 0 Å². The number of fused-ring (bicyclic) bond motifs is 2. The third-order valence-corrected chi connectivity index (χ3v) is 5.32. The quantitative estimate of drug-likeness (QED) is 0.873. The van der Waals surface area contributed by atoms with Crippen molar-refractivity contribution in [2.75, 3.05) is 13.2 Å². The Kier molecular flexibility index (Phi) is 4.13. The first kappa shape index (κ1) is 14.9. The maximum Gasteiger partial charge on any atom is 0.183 e. The van der Waals surface area contributed by atoms with Gasteiger partial charge in [0.05, 0.1) is 30.0 Å². The molecule has 7 heteroatoms. The summed E-state index contributed by atoms with van der Waals surface area (Å²) < 4.78 is 13.3. The highest BCUT2D eigenvalue weighted by molar-refractivity contribution is 6.30. The molecule has 122 valence electrons. The number of rotatable bonds is 4. The summed E-state index contributed by atoms with van der Waals surface area (Å²) in [5.74, 6) is 0.713. The van der Waals surface area contributed by atoms with E-state index in [1.807, 2.05) is 0 Å². The molecule has 0 spiro atoms. The molecule has 2 aliphatic heterocycles. The van der Waals surface area contributed by atoms with Gasteiger partial charge >= 0.3 is 0 Å². The van der Waals surface area contributed by atoms with E-state index in [0.29, 0.717) is 17.5 Å². The van der Waals surface area contributed by atoms with Gasteiger partial charge in [-0.05, 0) is 25.3 Å². The number of ether oxygens (including phenoxy) is 2. The molecule has 0 radical (unpaired) electrons. The second kappa shape index (κ2) is 6.09. The van der Waals surface area contributed by atoms with E-state index in [0.717, 1.165) is 6.54 Å². The summed E-state index contributed by atoms with van der Waals surface area (Å²) >= 11 is 5.95. The summed E-state index contributed by atoms with van der Waals surface area (Å²) in [5.41, 5.74) is 0. The molecule has 3 heterocycles. The third kappa shape index (κ3) is 2.67. The Balaban J connectivity index is 1.48. The largest absolute Gasteiger partial charge is 0.389 e. The fourth-order valence-corrected chi connectivity index (χ4v) is 4.07. The zero-order chi connectivity index (χ0) is 15.1. The number of nitrogens with one attached hydrogen (secondary N) is 1. The summed E-state index contributed by atoms with van der Waals surface area (Å²) in [4.78, 5) is 0. The molecule has 5 atom stereocenters. The minimum absolute atomic E-state index is 0.0938. The summed E-state index contributed by atoms with van der Waals surface area (Å²) in [6.45, 7) is 1.44. The van der Waals surface area contributed by atoms with Gasteiger partial charge in [0.1, 0.15) is 12.1 Å². The summed E-state index contributed by atoms with van der Waals surface area (Å²) in [5, 5.41) is 19.1. The lowest BCUT2D eigenvalue weighted by Gasteiger charge is -2.39. The Bertz CT molecular complexity index is 520. The topological polar surface area (TPSA) is 68.5 Å². The van der Waals surface area contributed by atoms with Crippen LogP contribution in [-0.2, 0) is 9.47 Å². The zero-order valence-corrected chi connectivity index (χ0v) is 13.2. The predicted molar refractivity (Wildman–Crippen MR) is 80.6 cm³/mol. The highest BCUT2D eigenvalue weighted by atomic mass is 35.5. The molecular formula is C15H22ClN3O3. The number of aromatic nitrogens is 2. The van der Waals surface area contributed by atoms with E-state index >= 15 is 0 Å². The van der Waals surface area contributed by atoms with E-state index in [2.05, 4.69) is 10.4 Å². The van der Waals surface area contributed by atoms with Crippen molar-refractivity contribution in [3.63, 3.8) is 0 Å². The van der Waals surface area contributed by atoms with Gasteiger partial charge in [-0.1, -0.05) is 24.4 Å². The van der Waals surface area contributed by atoms with Crippen LogP contribution < -0.4 is 5.32 Å². The summed E-state index contributed by atoms with van der Waals surface area (Å²) in [6.07, 6.45) is 7.30. The Labute approximate surface area is 134 Å². The van der Waals surface area contributed by atoms with Crippen LogP contribution in [0.4, 0.5) is 0 Å². The van der Waals surface area contributed by atoms with Crippen LogP contribution in [0.3, 0.4) is 0 Å². The molecule has 4 rings (SSSR count). The molecule has 1 saturated carbocycles. The predicted octanol–water partition coefficient (Wildman–Crippen LogP) is 1.34. The molecule has 2 bridgehead atoms. The van der Waals surface area contributed by atoms with Gasteiger partial charge in [-0.2, -0.15) is 5.10 Å². The van der Waals surface area contributed by atoms with Crippen molar-refractivity contribution in [3.05, 3.63) is 17.4 Å². The van der Waals surface area contributed by atoms with Crippen LogP contribution in [-0.4, -0.2) is 52.6 Å². The third-order valence-electron chi connectivity index (χ3n) is 5.12. The van der Waals surface area contributed by atoms with Crippen LogP contribution in [0.15, 0.2) is 12.4 Å². The molecule has 2 N–H and O–H groups in total. The van der Waals surface area contributed by atoms with E-state index in [1.54, 1.807) is 17.1 Å². The number of aliphatic hydroxyl groups is 1. The first-order valence-corrected chi connectivity index (χ1v) is 8.48. The van der Waals surface area contributed by atoms with E-state index < -0.39 is 12.4 Å². The zero-order valence-electron chi connectivity index (χ0n) is 12.4. The van der Waals surface area contributed by atoms with Crippen LogP contribution in [0.25, 0.3) is 0 Å². The van der Waals surface area contributed by atoms with Crippen molar-refractivity contribution in [1.82, 2.24) is 15.1 Å². The van der Waals surface area contributed by atoms with Crippen LogP contribution >= 0.6 is 11.6 Å². The number of hydrogen-bond acceptors (Lipinski definition) is 5. The Hall–Kier alpha value is -0.660. The average Bonchev–Trinajstić information content (AvgIpc) is 3.22. The lowest BCUT2D eigenvalue weighted by atomic mass is 9.95. The lowest BCUT2D eigenvalue weighted by molar-refractivity contribution is -0.168. The van der Waals surface area contributed by atoms with E-state index in [9.17, 15) is 5.11 Å². The van der Waals surface area contributed by atoms with Crippen molar-refractivity contribution in [2.24, 2.45) is 5.92 Å². The maximum absolute atomic E-state index is 10.8.